The number of nitrogens with zero attached hydrogens (tertiary/aromatic N) is 1. The summed E-state index contributed by atoms with van der Waals surface area (Å²) in [5, 5.41) is 14.0. The lowest BCUT2D eigenvalue weighted by Gasteiger charge is -2.12. The van der Waals surface area contributed by atoms with Gasteiger partial charge in [-0.25, -0.2) is 4.98 Å². The highest BCUT2D eigenvalue weighted by Crippen LogP contribution is 2.30. The molecule has 3 rings (SSSR count). The smallest absolute Gasteiger partial charge is 0.163 e. The average molecular weight is 360 g/mol. The molecule has 6 heteroatoms. The van der Waals surface area contributed by atoms with Crippen LogP contribution in [0.15, 0.2) is 40.8 Å². The SMILES string of the molecule is CC(C)COCC(O)CNCc1ccc(-c2nc3ccccc3s2)o1. The summed E-state index contributed by atoms with van der Waals surface area (Å²) in [5.41, 5.74) is 0.989. The van der Waals surface area contributed by atoms with E-state index in [1.54, 1.807) is 11.3 Å². The molecule has 0 amide bonds. The Morgan fingerprint density at radius 3 is 2.84 bits per heavy atom. The molecule has 1 aromatic carbocycles. The molecule has 0 saturated heterocycles. The number of furan rings is 1. The van der Waals surface area contributed by atoms with Crippen LogP contribution in [0.5, 0.6) is 0 Å². The van der Waals surface area contributed by atoms with Crippen molar-refractivity contribution in [2.45, 2.75) is 26.5 Å². The van der Waals surface area contributed by atoms with Gasteiger partial charge in [0.15, 0.2) is 10.8 Å². The summed E-state index contributed by atoms with van der Waals surface area (Å²) in [6.07, 6.45) is -0.516. The first-order chi connectivity index (χ1) is 12.1. The van der Waals surface area contributed by atoms with E-state index in [1.165, 1.54) is 0 Å². The van der Waals surface area contributed by atoms with Gasteiger partial charge in [-0.1, -0.05) is 26.0 Å². The molecule has 0 aliphatic heterocycles. The van der Waals surface area contributed by atoms with Crippen LogP contribution in [0.3, 0.4) is 0 Å². The molecule has 0 aliphatic carbocycles. The third kappa shape index (κ3) is 5.12. The monoisotopic (exact) mass is 360 g/mol. The summed E-state index contributed by atoms with van der Waals surface area (Å²) in [6.45, 7) is 6.22. The summed E-state index contributed by atoms with van der Waals surface area (Å²) >= 11 is 1.62. The van der Waals surface area contributed by atoms with Crippen LogP contribution in [0.1, 0.15) is 19.6 Å². The normalized spacial score (nSPS) is 13.0. The fourth-order valence-electron chi connectivity index (χ4n) is 2.43. The molecule has 2 aromatic heterocycles. The van der Waals surface area contributed by atoms with Crippen LogP contribution < -0.4 is 5.32 Å². The number of thiazole rings is 1. The Labute approximate surface area is 151 Å². The van der Waals surface area contributed by atoms with Crippen LogP contribution >= 0.6 is 11.3 Å². The summed E-state index contributed by atoms with van der Waals surface area (Å²) < 4.78 is 12.4. The van der Waals surface area contributed by atoms with Gasteiger partial charge in [0.2, 0.25) is 0 Å². The van der Waals surface area contributed by atoms with Crippen LogP contribution in [0, 0.1) is 5.92 Å². The third-order valence-electron chi connectivity index (χ3n) is 3.61. The van der Waals surface area contributed by atoms with Gasteiger partial charge in [-0.05, 0) is 30.2 Å². The number of nitrogens with one attached hydrogen (secondary N) is 1. The van der Waals surface area contributed by atoms with Gasteiger partial charge in [0.05, 0.1) is 29.5 Å². The molecule has 0 radical (unpaired) electrons. The van der Waals surface area contributed by atoms with Crippen molar-refractivity contribution in [3.05, 3.63) is 42.2 Å². The average Bonchev–Trinajstić information content (AvgIpc) is 3.20. The minimum atomic E-state index is -0.516. The molecule has 5 nitrogen and oxygen atoms in total. The zero-order valence-electron chi connectivity index (χ0n) is 14.6. The second-order valence-electron chi connectivity index (χ2n) is 6.47. The molecule has 2 heterocycles. The minimum absolute atomic E-state index is 0.348. The number of hydrogen-bond donors (Lipinski definition) is 2. The second-order valence-corrected chi connectivity index (χ2v) is 7.50. The Morgan fingerprint density at radius 1 is 1.20 bits per heavy atom. The first-order valence-corrected chi connectivity index (χ1v) is 9.34. The largest absolute Gasteiger partial charge is 0.457 e. The maximum absolute atomic E-state index is 9.88. The Bertz CT molecular complexity index is 764. The molecular weight excluding hydrogens is 336 g/mol. The van der Waals surface area contributed by atoms with Crippen molar-refractivity contribution in [1.29, 1.82) is 0 Å². The fourth-order valence-corrected chi connectivity index (χ4v) is 3.35. The molecule has 25 heavy (non-hydrogen) atoms. The van der Waals surface area contributed by atoms with Crippen LogP contribution in [0.4, 0.5) is 0 Å². The Hall–Kier alpha value is -1.73. The van der Waals surface area contributed by atoms with Gasteiger partial charge in [-0.15, -0.1) is 11.3 Å². The Morgan fingerprint density at radius 2 is 2.04 bits per heavy atom. The van der Waals surface area contributed by atoms with Crippen LogP contribution in [0.2, 0.25) is 0 Å². The highest BCUT2D eigenvalue weighted by molar-refractivity contribution is 7.21. The predicted octanol–water partition coefficient (Wildman–Crippen LogP) is 3.68. The standard InChI is InChI=1S/C19H24N2O3S/c1-13(2)11-23-12-14(22)9-20-10-15-7-8-17(24-15)19-21-16-5-3-4-6-18(16)25-19/h3-8,13-14,20,22H,9-12H2,1-2H3. The molecule has 0 saturated carbocycles. The maximum atomic E-state index is 9.88. The van der Waals surface area contributed by atoms with E-state index in [0.717, 1.165) is 26.7 Å². The molecule has 0 aliphatic rings. The van der Waals surface area contributed by atoms with E-state index in [1.807, 2.05) is 30.3 Å². The lowest BCUT2D eigenvalue weighted by atomic mass is 10.2. The van der Waals surface area contributed by atoms with Gasteiger partial charge in [-0.3, -0.25) is 0 Å². The second kappa shape index (κ2) is 8.58. The quantitative estimate of drug-likeness (QED) is 0.609. The summed E-state index contributed by atoms with van der Waals surface area (Å²) in [6, 6.07) is 11.9. The summed E-state index contributed by atoms with van der Waals surface area (Å²) in [5.74, 6) is 2.08. The van der Waals surface area contributed by atoms with Crippen molar-refractivity contribution in [2.75, 3.05) is 19.8 Å². The lowest BCUT2D eigenvalue weighted by Crippen LogP contribution is -2.30. The van der Waals surface area contributed by atoms with Gasteiger partial charge in [0.1, 0.15) is 5.76 Å². The predicted molar refractivity (Wildman–Crippen MR) is 101 cm³/mol. The maximum Gasteiger partial charge on any atom is 0.163 e. The molecule has 3 aromatic rings. The molecule has 2 N–H and O–H groups in total. The third-order valence-corrected chi connectivity index (χ3v) is 4.66. The molecule has 1 unspecified atom stereocenters. The topological polar surface area (TPSA) is 67.5 Å². The lowest BCUT2D eigenvalue weighted by molar-refractivity contribution is 0.0259. The van der Waals surface area contributed by atoms with Crippen molar-refractivity contribution >= 4 is 21.6 Å². The van der Waals surface area contributed by atoms with Crippen molar-refractivity contribution in [1.82, 2.24) is 10.3 Å². The molecule has 1 atom stereocenters. The zero-order valence-corrected chi connectivity index (χ0v) is 15.4. The van der Waals surface area contributed by atoms with Crippen LogP contribution in [-0.2, 0) is 11.3 Å². The van der Waals surface area contributed by atoms with Crippen molar-refractivity contribution in [2.24, 2.45) is 5.92 Å². The van der Waals surface area contributed by atoms with Crippen molar-refractivity contribution in [3.63, 3.8) is 0 Å². The number of ether oxygens (including phenoxy) is 1. The first-order valence-electron chi connectivity index (χ1n) is 8.53. The molecule has 0 fully saturated rings. The highest BCUT2D eigenvalue weighted by Gasteiger charge is 2.11. The van der Waals surface area contributed by atoms with Gasteiger partial charge in [0, 0.05) is 13.2 Å². The van der Waals surface area contributed by atoms with E-state index >= 15 is 0 Å². The summed E-state index contributed by atoms with van der Waals surface area (Å²) in [7, 11) is 0. The van der Waals surface area contributed by atoms with Crippen molar-refractivity contribution in [3.8, 4) is 10.8 Å². The van der Waals surface area contributed by atoms with Gasteiger partial charge in [0.25, 0.3) is 0 Å². The minimum Gasteiger partial charge on any atom is -0.457 e. The number of benzene rings is 1. The molecule has 0 spiro atoms. The summed E-state index contributed by atoms with van der Waals surface area (Å²) in [4.78, 5) is 4.60. The Kier molecular flexibility index (Phi) is 6.20. The van der Waals surface area contributed by atoms with Crippen molar-refractivity contribution < 1.29 is 14.3 Å². The fraction of sp³-hybridized carbons (Fsp3) is 0.421. The molecule has 0 bridgehead atoms. The number of hydrogen-bond acceptors (Lipinski definition) is 6. The van der Waals surface area contributed by atoms with E-state index in [4.69, 9.17) is 9.15 Å². The Balaban J connectivity index is 1.48. The van der Waals surface area contributed by atoms with Gasteiger partial charge in [-0.2, -0.15) is 0 Å². The van der Waals surface area contributed by atoms with E-state index < -0.39 is 6.10 Å². The number of aliphatic hydroxyl groups excluding tert-OH is 1. The number of fused-ring (bicyclic) bond motifs is 1. The van der Waals surface area contributed by atoms with E-state index in [9.17, 15) is 5.11 Å². The number of rotatable bonds is 9. The number of para-hydroxylation sites is 1. The van der Waals surface area contributed by atoms with E-state index in [0.29, 0.717) is 32.2 Å². The molecule has 134 valence electrons. The van der Waals surface area contributed by atoms with E-state index in [2.05, 4.69) is 30.2 Å². The highest BCUT2D eigenvalue weighted by atomic mass is 32.1. The number of aromatic nitrogens is 1. The zero-order chi connectivity index (χ0) is 17.6. The van der Waals surface area contributed by atoms with Gasteiger partial charge >= 0.3 is 0 Å². The van der Waals surface area contributed by atoms with Gasteiger partial charge < -0.3 is 19.6 Å². The van der Waals surface area contributed by atoms with Crippen LogP contribution in [0.25, 0.3) is 21.0 Å². The molecular formula is C19H24N2O3S. The first kappa shape index (κ1) is 18.1. The van der Waals surface area contributed by atoms with Crippen LogP contribution in [-0.4, -0.2) is 36.0 Å². The van der Waals surface area contributed by atoms with E-state index in [-0.39, 0.29) is 0 Å². The number of aliphatic hydroxyl groups is 1.